The van der Waals surface area contributed by atoms with Crippen LogP contribution in [0, 0.1) is 0 Å². The lowest BCUT2D eigenvalue weighted by Gasteiger charge is -2.32. The summed E-state index contributed by atoms with van der Waals surface area (Å²) in [6.07, 6.45) is 4.41. The molecule has 0 saturated heterocycles. The largest absolute Gasteiger partial charge is 0.358 e. The number of likely N-dealkylation sites (N-methyl/N-ethyl adjacent to an activating group) is 2. The summed E-state index contributed by atoms with van der Waals surface area (Å²) in [6.45, 7) is 0.496. The van der Waals surface area contributed by atoms with Gasteiger partial charge in [0.2, 0.25) is 5.91 Å². The van der Waals surface area contributed by atoms with Crippen LogP contribution in [-0.2, 0) is 4.79 Å². The van der Waals surface area contributed by atoms with Gasteiger partial charge in [0, 0.05) is 19.1 Å². The molecule has 0 spiro atoms. The molecule has 0 unspecified atom stereocenters. The molecule has 0 radical (unpaired) electrons. The first kappa shape index (κ1) is 11.5. The van der Waals surface area contributed by atoms with Gasteiger partial charge in [-0.15, -0.1) is 0 Å². The summed E-state index contributed by atoms with van der Waals surface area (Å²) in [6, 6.07) is 0.909. The quantitative estimate of drug-likeness (QED) is 0.669. The van der Waals surface area contributed by atoms with Gasteiger partial charge in [-0.25, -0.2) is 0 Å². The van der Waals surface area contributed by atoms with Crippen LogP contribution in [-0.4, -0.2) is 43.5 Å². The monoisotopic (exact) mass is 199 g/mol. The Morgan fingerprint density at radius 2 is 2.00 bits per heavy atom. The Morgan fingerprint density at radius 1 is 1.43 bits per heavy atom. The molecule has 1 amide bonds. The van der Waals surface area contributed by atoms with Crippen LogP contribution in [0.15, 0.2) is 0 Å². The third-order valence-electron chi connectivity index (χ3n) is 3.04. The maximum Gasteiger partial charge on any atom is 0.233 e. The van der Waals surface area contributed by atoms with E-state index in [0.29, 0.717) is 18.6 Å². The van der Waals surface area contributed by atoms with E-state index in [2.05, 4.69) is 10.2 Å². The van der Waals surface area contributed by atoms with Crippen LogP contribution in [0.3, 0.4) is 0 Å². The van der Waals surface area contributed by atoms with E-state index in [1.165, 1.54) is 0 Å². The Morgan fingerprint density at radius 3 is 2.50 bits per heavy atom. The van der Waals surface area contributed by atoms with Crippen molar-refractivity contribution in [2.75, 3.05) is 20.6 Å². The number of hydrogen-bond acceptors (Lipinski definition) is 3. The minimum Gasteiger partial charge on any atom is -0.358 e. The van der Waals surface area contributed by atoms with Crippen molar-refractivity contribution in [3.05, 3.63) is 0 Å². The predicted molar refractivity (Wildman–Crippen MR) is 56.9 cm³/mol. The van der Waals surface area contributed by atoms with Crippen molar-refractivity contribution in [2.45, 2.75) is 37.8 Å². The van der Waals surface area contributed by atoms with E-state index < -0.39 is 0 Å². The highest BCUT2D eigenvalue weighted by Gasteiger charge is 2.22. The first-order chi connectivity index (χ1) is 6.63. The first-order valence-electron chi connectivity index (χ1n) is 5.30. The molecule has 1 aliphatic rings. The van der Waals surface area contributed by atoms with Crippen molar-refractivity contribution in [2.24, 2.45) is 5.73 Å². The summed E-state index contributed by atoms with van der Waals surface area (Å²) >= 11 is 0. The molecule has 1 saturated carbocycles. The number of nitrogens with one attached hydrogen (secondary N) is 1. The SMILES string of the molecule is CNC(=O)CN(C)C1CCC(N)CC1. The minimum atomic E-state index is 0.0855. The van der Waals surface area contributed by atoms with Crippen LogP contribution >= 0.6 is 0 Å². The zero-order valence-electron chi connectivity index (χ0n) is 9.12. The van der Waals surface area contributed by atoms with Crippen molar-refractivity contribution >= 4 is 5.91 Å². The summed E-state index contributed by atoms with van der Waals surface area (Å²) in [5, 5.41) is 2.64. The topological polar surface area (TPSA) is 58.4 Å². The smallest absolute Gasteiger partial charge is 0.233 e. The highest BCUT2D eigenvalue weighted by atomic mass is 16.1. The van der Waals surface area contributed by atoms with E-state index in [1.54, 1.807) is 7.05 Å². The van der Waals surface area contributed by atoms with E-state index >= 15 is 0 Å². The number of carbonyl (C=O) groups excluding carboxylic acids is 1. The number of hydrogen-bond donors (Lipinski definition) is 2. The van der Waals surface area contributed by atoms with Gasteiger partial charge >= 0.3 is 0 Å². The van der Waals surface area contributed by atoms with E-state index in [-0.39, 0.29) is 5.91 Å². The van der Waals surface area contributed by atoms with Crippen LogP contribution in [0.4, 0.5) is 0 Å². The number of rotatable bonds is 3. The second-order valence-corrected chi connectivity index (χ2v) is 4.16. The predicted octanol–water partition coefficient (Wildman–Crippen LogP) is -0.0659. The average molecular weight is 199 g/mol. The van der Waals surface area contributed by atoms with Crippen LogP contribution in [0.2, 0.25) is 0 Å². The lowest BCUT2D eigenvalue weighted by atomic mass is 9.91. The highest BCUT2D eigenvalue weighted by molar-refractivity contribution is 5.77. The molecule has 1 fully saturated rings. The maximum atomic E-state index is 11.2. The Kier molecular flexibility index (Phi) is 4.35. The van der Waals surface area contributed by atoms with Crippen molar-refractivity contribution in [3.63, 3.8) is 0 Å². The molecule has 4 heteroatoms. The van der Waals surface area contributed by atoms with E-state index in [1.807, 2.05) is 7.05 Å². The maximum absolute atomic E-state index is 11.2. The van der Waals surface area contributed by atoms with Crippen LogP contribution in [0.1, 0.15) is 25.7 Å². The summed E-state index contributed by atoms with van der Waals surface area (Å²) in [4.78, 5) is 13.3. The van der Waals surface area contributed by atoms with Crippen LogP contribution in [0.5, 0.6) is 0 Å². The Hall–Kier alpha value is -0.610. The molecule has 0 aliphatic heterocycles. The van der Waals surface area contributed by atoms with Gasteiger partial charge in [0.1, 0.15) is 0 Å². The van der Waals surface area contributed by atoms with Gasteiger partial charge < -0.3 is 11.1 Å². The molecule has 0 bridgehead atoms. The number of nitrogens with two attached hydrogens (primary N) is 1. The summed E-state index contributed by atoms with van der Waals surface area (Å²) in [5.74, 6) is 0.0855. The minimum absolute atomic E-state index is 0.0855. The average Bonchev–Trinajstić information content (AvgIpc) is 2.18. The molecular weight excluding hydrogens is 178 g/mol. The summed E-state index contributed by atoms with van der Waals surface area (Å²) < 4.78 is 0. The van der Waals surface area contributed by atoms with E-state index in [4.69, 9.17) is 5.73 Å². The fourth-order valence-electron chi connectivity index (χ4n) is 1.98. The number of nitrogens with zero attached hydrogens (tertiary/aromatic N) is 1. The normalized spacial score (nSPS) is 27.7. The molecule has 0 atom stereocenters. The second-order valence-electron chi connectivity index (χ2n) is 4.16. The molecule has 1 rings (SSSR count). The van der Waals surface area contributed by atoms with Gasteiger partial charge in [-0.3, -0.25) is 9.69 Å². The molecule has 0 aromatic rings. The number of amides is 1. The molecule has 0 aromatic carbocycles. The molecule has 0 aromatic heterocycles. The first-order valence-corrected chi connectivity index (χ1v) is 5.30. The van der Waals surface area contributed by atoms with Crippen molar-refractivity contribution in [1.29, 1.82) is 0 Å². The highest BCUT2D eigenvalue weighted by Crippen LogP contribution is 2.20. The molecule has 14 heavy (non-hydrogen) atoms. The van der Waals surface area contributed by atoms with E-state index in [9.17, 15) is 4.79 Å². The van der Waals surface area contributed by atoms with Crippen LogP contribution < -0.4 is 11.1 Å². The van der Waals surface area contributed by atoms with Crippen LogP contribution in [0.25, 0.3) is 0 Å². The molecule has 3 N–H and O–H groups in total. The summed E-state index contributed by atoms with van der Waals surface area (Å²) in [5.41, 5.74) is 5.83. The van der Waals surface area contributed by atoms with E-state index in [0.717, 1.165) is 25.7 Å². The van der Waals surface area contributed by atoms with Gasteiger partial charge in [0.25, 0.3) is 0 Å². The molecule has 82 valence electrons. The van der Waals surface area contributed by atoms with Gasteiger partial charge in [0.15, 0.2) is 0 Å². The van der Waals surface area contributed by atoms with Crippen molar-refractivity contribution in [3.8, 4) is 0 Å². The fraction of sp³-hybridized carbons (Fsp3) is 0.900. The third kappa shape index (κ3) is 3.27. The molecular formula is C10H21N3O. The second kappa shape index (κ2) is 5.32. The fourth-order valence-corrected chi connectivity index (χ4v) is 1.98. The zero-order valence-corrected chi connectivity index (χ0v) is 9.12. The van der Waals surface area contributed by atoms with Crippen molar-refractivity contribution < 1.29 is 4.79 Å². The van der Waals surface area contributed by atoms with Gasteiger partial charge in [-0.2, -0.15) is 0 Å². The Balaban J connectivity index is 2.30. The lowest BCUT2D eigenvalue weighted by molar-refractivity contribution is -0.122. The number of carbonyl (C=O) groups is 1. The summed E-state index contributed by atoms with van der Waals surface area (Å²) in [7, 11) is 3.68. The van der Waals surface area contributed by atoms with Gasteiger partial charge in [-0.05, 0) is 32.7 Å². The van der Waals surface area contributed by atoms with Gasteiger partial charge in [-0.1, -0.05) is 0 Å². The molecule has 1 aliphatic carbocycles. The molecule has 0 heterocycles. The van der Waals surface area contributed by atoms with Gasteiger partial charge in [0.05, 0.1) is 6.54 Å². The standard InChI is InChI=1S/C10H21N3O/c1-12-10(14)7-13(2)9-5-3-8(11)4-6-9/h8-9H,3-7,11H2,1-2H3,(H,12,14). The Labute approximate surface area is 85.8 Å². The molecule has 4 nitrogen and oxygen atoms in total. The third-order valence-corrected chi connectivity index (χ3v) is 3.04. The Bertz CT molecular complexity index is 188. The lowest BCUT2D eigenvalue weighted by Crippen LogP contribution is -2.43. The van der Waals surface area contributed by atoms with Crippen molar-refractivity contribution in [1.82, 2.24) is 10.2 Å². The zero-order chi connectivity index (χ0) is 10.6.